The Bertz CT molecular complexity index is 790. The number of nitrogens with zero attached hydrogens (tertiary/aromatic N) is 1. The first kappa shape index (κ1) is 17.2. The maximum absolute atomic E-state index is 12.8. The summed E-state index contributed by atoms with van der Waals surface area (Å²) in [5.74, 6) is 0.227. The number of nitrogens with one attached hydrogen (secondary N) is 1. The van der Waals surface area contributed by atoms with Crippen molar-refractivity contribution in [1.82, 2.24) is 9.62 Å². The molecule has 0 radical (unpaired) electrons. The minimum Gasteiger partial charge on any atom is -0.467 e. The first-order valence-corrected chi connectivity index (χ1v) is 10.2. The maximum atomic E-state index is 12.8. The molecule has 0 aromatic carbocycles. The molecule has 0 spiro atoms. The van der Waals surface area contributed by atoms with Crippen LogP contribution in [-0.2, 0) is 10.0 Å². The van der Waals surface area contributed by atoms with Gasteiger partial charge in [-0.2, -0.15) is 4.31 Å². The first-order valence-electron chi connectivity index (χ1n) is 7.92. The highest BCUT2D eigenvalue weighted by atomic mass is 32.2. The van der Waals surface area contributed by atoms with Gasteiger partial charge in [0.1, 0.15) is 15.5 Å². The number of amides is 1. The lowest BCUT2D eigenvalue weighted by Gasteiger charge is -2.25. The van der Waals surface area contributed by atoms with Gasteiger partial charge in [-0.25, -0.2) is 8.42 Å². The lowest BCUT2D eigenvalue weighted by Crippen LogP contribution is -2.36. The van der Waals surface area contributed by atoms with E-state index < -0.39 is 15.9 Å². The van der Waals surface area contributed by atoms with Crippen LogP contribution in [0.5, 0.6) is 0 Å². The van der Waals surface area contributed by atoms with E-state index in [1.165, 1.54) is 16.6 Å². The fourth-order valence-electron chi connectivity index (χ4n) is 2.78. The minimum absolute atomic E-state index is 0.0959. The van der Waals surface area contributed by atoms with Crippen molar-refractivity contribution in [2.24, 2.45) is 0 Å². The van der Waals surface area contributed by atoms with Gasteiger partial charge in [-0.3, -0.25) is 4.79 Å². The van der Waals surface area contributed by atoms with Crippen LogP contribution in [0.4, 0.5) is 0 Å². The Balaban J connectivity index is 1.80. The van der Waals surface area contributed by atoms with Crippen molar-refractivity contribution >= 4 is 27.3 Å². The highest BCUT2D eigenvalue weighted by molar-refractivity contribution is 7.89. The summed E-state index contributed by atoms with van der Waals surface area (Å²) in [7, 11) is -3.62. The quantitative estimate of drug-likeness (QED) is 0.880. The number of thiophene rings is 1. The Morgan fingerprint density at radius 3 is 2.71 bits per heavy atom. The molecule has 3 heterocycles. The molecule has 6 nitrogen and oxygen atoms in total. The van der Waals surface area contributed by atoms with Gasteiger partial charge in [-0.1, -0.05) is 6.42 Å². The van der Waals surface area contributed by atoms with Crippen LogP contribution in [0.1, 0.15) is 47.7 Å². The molecule has 0 saturated carbocycles. The van der Waals surface area contributed by atoms with Gasteiger partial charge in [-0.15, -0.1) is 11.3 Å². The lowest BCUT2D eigenvalue weighted by atomic mass is 10.2. The van der Waals surface area contributed by atoms with E-state index in [9.17, 15) is 13.2 Å². The summed E-state index contributed by atoms with van der Waals surface area (Å²) in [4.78, 5) is 12.9. The molecule has 1 aliphatic rings. The minimum atomic E-state index is -3.62. The molecular formula is C16H20N2O4S2. The van der Waals surface area contributed by atoms with Gasteiger partial charge in [-0.05, 0) is 43.3 Å². The number of carbonyl (C=O) groups is 1. The van der Waals surface area contributed by atoms with Crippen LogP contribution in [0, 0.1) is 0 Å². The molecule has 3 rings (SSSR count). The van der Waals surface area contributed by atoms with Crippen molar-refractivity contribution in [2.75, 3.05) is 13.1 Å². The summed E-state index contributed by atoms with van der Waals surface area (Å²) >= 11 is 1.14. The fourth-order valence-corrected chi connectivity index (χ4v) is 5.60. The molecule has 1 amide bonds. The largest absolute Gasteiger partial charge is 0.467 e. The van der Waals surface area contributed by atoms with E-state index in [2.05, 4.69) is 5.32 Å². The van der Waals surface area contributed by atoms with Crippen LogP contribution in [0.25, 0.3) is 0 Å². The third-order valence-corrected chi connectivity index (χ3v) is 7.07. The molecule has 0 bridgehead atoms. The van der Waals surface area contributed by atoms with E-state index in [1.54, 1.807) is 24.4 Å². The fraction of sp³-hybridized carbons (Fsp3) is 0.438. The molecule has 2 aromatic heterocycles. The standard InChI is InChI=1S/C16H20N2O4S2/c1-12(13-6-5-10-22-13)17-16(19)15-14(7-11-23-15)24(20,21)18-8-3-2-4-9-18/h5-7,10-12H,2-4,8-9H2,1H3,(H,17,19)/t12-/m1/s1. The molecule has 1 atom stereocenters. The van der Waals surface area contributed by atoms with Crippen LogP contribution in [-0.4, -0.2) is 31.7 Å². The Kier molecular flexibility index (Phi) is 5.07. The topological polar surface area (TPSA) is 79.6 Å². The average Bonchev–Trinajstić information content (AvgIpc) is 3.27. The van der Waals surface area contributed by atoms with E-state index in [4.69, 9.17) is 4.42 Å². The van der Waals surface area contributed by atoms with Crippen molar-refractivity contribution in [2.45, 2.75) is 37.1 Å². The zero-order chi connectivity index (χ0) is 17.2. The van der Waals surface area contributed by atoms with E-state index in [0.717, 1.165) is 30.6 Å². The summed E-state index contributed by atoms with van der Waals surface area (Å²) in [6.45, 7) is 2.83. The molecule has 0 aliphatic carbocycles. The molecule has 130 valence electrons. The van der Waals surface area contributed by atoms with E-state index in [-0.39, 0.29) is 15.8 Å². The predicted molar refractivity (Wildman–Crippen MR) is 91.5 cm³/mol. The predicted octanol–water partition coefficient (Wildman–Crippen LogP) is 3.01. The molecule has 1 fully saturated rings. The Morgan fingerprint density at radius 2 is 2.04 bits per heavy atom. The van der Waals surface area contributed by atoms with Crippen LogP contribution < -0.4 is 5.32 Å². The van der Waals surface area contributed by atoms with Crippen LogP contribution in [0.3, 0.4) is 0 Å². The lowest BCUT2D eigenvalue weighted by molar-refractivity contribution is 0.0936. The summed E-state index contributed by atoms with van der Waals surface area (Å²) < 4.78 is 32.4. The van der Waals surface area contributed by atoms with Crippen molar-refractivity contribution in [3.8, 4) is 0 Å². The van der Waals surface area contributed by atoms with Gasteiger partial charge < -0.3 is 9.73 Å². The van der Waals surface area contributed by atoms with Crippen molar-refractivity contribution < 1.29 is 17.6 Å². The summed E-state index contributed by atoms with van der Waals surface area (Å²) in [6.07, 6.45) is 4.31. The second-order valence-electron chi connectivity index (χ2n) is 5.79. The van der Waals surface area contributed by atoms with Gasteiger partial charge in [0.05, 0.1) is 12.3 Å². The van der Waals surface area contributed by atoms with Gasteiger partial charge >= 0.3 is 0 Å². The Labute approximate surface area is 145 Å². The van der Waals surface area contributed by atoms with Crippen molar-refractivity contribution in [3.05, 3.63) is 40.5 Å². The summed E-state index contributed by atoms with van der Waals surface area (Å²) in [5, 5.41) is 4.44. The Hall–Kier alpha value is -1.64. The van der Waals surface area contributed by atoms with Gasteiger partial charge in [0.25, 0.3) is 5.91 Å². The maximum Gasteiger partial charge on any atom is 0.263 e. The second kappa shape index (κ2) is 7.08. The number of sulfonamides is 1. The summed E-state index contributed by atoms with van der Waals surface area (Å²) in [6, 6.07) is 4.70. The third-order valence-electron chi connectivity index (χ3n) is 4.09. The molecule has 24 heavy (non-hydrogen) atoms. The monoisotopic (exact) mass is 368 g/mol. The first-order chi connectivity index (χ1) is 11.5. The zero-order valence-electron chi connectivity index (χ0n) is 13.4. The molecule has 1 N–H and O–H groups in total. The number of carbonyl (C=O) groups excluding carboxylic acids is 1. The van der Waals surface area contributed by atoms with Gasteiger partial charge in [0.15, 0.2) is 0 Å². The number of rotatable bonds is 5. The second-order valence-corrected chi connectivity index (χ2v) is 8.61. The van der Waals surface area contributed by atoms with Gasteiger partial charge in [0.2, 0.25) is 10.0 Å². The van der Waals surface area contributed by atoms with Crippen LogP contribution in [0.2, 0.25) is 0 Å². The van der Waals surface area contributed by atoms with Crippen molar-refractivity contribution in [3.63, 3.8) is 0 Å². The molecule has 1 aliphatic heterocycles. The van der Waals surface area contributed by atoms with E-state index >= 15 is 0 Å². The number of piperidine rings is 1. The summed E-state index contributed by atoms with van der Waals surface area (Å²) in [5.41, 5.74) is 0. The van der Waals surface area contributed by atoms with E-state index in [1.807, 2.05) is 0 Å². The van der Waals surface area contributed by atoms with Crippen LogP contribution >= 0.6 is 11.3 Å². The molecule has 0 unspecified atom stereocenters. The number of hydrogen-bond donors (Lipinski definition) is 1. The van der Waals surface area contributed by atoms with Gasteiger partial charge in [0, 0.05) is 13.1 Å². The zero-order valence-corrected chi connectivity index (χ0v) is 15.0. The molecular weight excluding hydrogens is 348 g/mol. The van der Waals surface area contributed by atoms with Crippen LogP contribution in [0.15, 0.2) is 39.2 Å². The molecule has 2 aromatic rings. The Morgan fingerprint density at radius 1 is 1.29 bits per heavy atom. The van der Waals surface area contributed by atoms with Crippen molar-refractivity contribution in [1.29, 1.82) is 0 Å². The van der Waals surface area contributed by atoms with E-state index in [0.29, 0.717) is 18.8 Å². The molecule has 1 saturated heterocycles. The average molecular weight is 368 g/mol. The smallest absolute Gasteiger partial charge is 0.263 e. The number of furan rings is 1. The highest BCUT2D eigenvalue weighted by Gasteiger charge is 2.31. The molecule has 8 heteroatoms. The third kappa shape index (κ3) is 3.40. The normalized spacial score (nSPS) is 17.5. The highest BCUT2D eigenvalue weighted by Crippen LogP contribution is 2.28. The number of hydrogen-bond acceptors (Lipinski definition) is 5. The SMILES string of the molecule is C[C@@H](NC(=O)c1sccc1S(=O)(=O)N1CCCCC1)c1ccco1.